The summed E-state index contributed by atoms with van der Waals surface area (Å²) in [6.45, 7) is 3.43. The van der Waals surface area contributed by atoms with E-state index in [1.807, 2.05) is 11.6 Å². The second-order valence-corrected chi connectivity index (χ2v) is 5.50. The van der Waals surface area contributed by atoms with Crippen LogP contribution in [0.4, 0.5) is 5.82 Å². The summed E-state index contributed by atoms with van der Waals surface area (Å²) in [6, 6.07) is 4.18. The monoisotopic (exact) mass is 322 g/mol. The summed E-state index contributed by atoms with van der Waals surface area (Å²) in [4.78, 5) is 0. The summed E-state index contributed by atoms with van der Waals surface area (Å²) in [5, 5.41) is 8.05. The van der Waals surface area contributed by atoms with Crippen LogP contribution in [0.15, 0.2) is 16.6 Å². The Hall–Kier alpha value is -1.56. The van der Waals surface area contributed by atoms with Crippen molar-refractivity contribution in [3.05, 3.63) is 33.4 Å². The van der Waals surface area contributed by atoms with Crippen molar-refractivity contribution >= 4 is 21.7 Å². The smallest absolute Gasteiger partial charge is 0.169 e. The molecule has 0 aliphatic carbocycles. The number of halogens is 1. The number of aromatic nitrogens is 3. The molecule has 1 aliphatic rings. The molecule has 1 aromatic carbocycles. The lowest BCUT2D eigenvalue weighted by atomic mass is 10.1. The molecule has 0 amide bonds. The van der Waals surface area contributed by atoms with Gasteiger partial charge in [0.2, 0.25) is 0 Å². The van der Waals surface area contributed by atoms with Crippen LogP contribution in [0.5, 0.6) is 5.75 Å². The Bertz CT molecular complexity index is 623. The Morgan fingerprint density at radius 1 is 1.47 bits per heavy atom. The Balaban J connectivity index is 1.99. The molecule has 0 fully saturated rings. The Labute approximate surface area is 119 Å². The van der Waals surface area contributed by atoms with Crippen molar-refractivity contribution in [2.75, 3.05) is 12.3 Å². The van der Waals surface area contributed by atoms with Crippen molar-refractivity contribution < 1.29 is 4.74 Å². The number of benzene rings is 1. The van der Waals surface area contributed by atoms with Gasteiger partial charge >= 0.3 is 0 Å². The van der Waals surface area contributed by atoms with Gasteiger partial charge in [0.15, 0.2) is 5.82 Å². The number of hydrogen-bond acceptors (Lipinski definition) is 4. The summed E-state index contributed by atoms with van der Waals surface area (Å²) >= 11 is 3.54. The second-order valence-electron chi connectivity index (χ2n) is 4.58. The molecule has 0 bridgehead atoms. The van der Waals surface area contributed by atoms with E-state index in [0.717, 1.165) is 40.9 Å². The Morgan fingerprint density at radius 3 is 3.11 bits per heavy atom. The molecule has 0 saturated carbocycles. The van der Waals surface area contributed by atoms with Crippen molar-refractivity contribution in [3.63, 3.8) is 0 Å². The lowest BCUT2D eigenvalue weighted by molar-refractivity contribution is 0.352. The number of nitrogens with zero attached hydrogens (tertiary/aromatic N) is 3. The highest BCUT2D eigenvalue weighted by molar-refractivity contribution is 9.10. The van der Waals surface area contributed by atoms with E-state index in [2.05, 4.69) is 38.4 Å². The molecule has 0 spiro atoms. The first-order valence-corrected chi connectivity index (χ1v) is 7.10. The van der Waals surface area contributed by atoms with Crippen LogP contribution in [-0.2, 0) is 19.4 Å². The number of fused-ring (bicyclic) bond motifs is 1. The summed E-state index contributed by atoms with van der Waals surface area (Å²) in [5.41, 5.74) is 9.14. The van der Waals surface area contributed by atoms with Crippen molar-refractivity contribution in [3.8, 4) is 5.75 Å². The van der Waals surface area contributed by atoms with E-state index in [9.17, 15) is 0 Å². The van der Waals surface area contributed by atoms with Crippen molar-refractivity contribution in [2.24, 2.45) is 0 Å². The van der Waals surface area contributed by atoms with E-state index in [4.69, 9.17) is 10.5 Å². The number of hydrogen-bond donors (Lipinski definition) is 1. The predicted molar refractivity (Wildman–Crippen MR) is 76.3 cm³/mol. The van der Waals surface area contributed by atoms with E-state index < -0.39 is 0 Å². The Morgan fingerprint density at radius 2 is 2.32 bits per heavy atom. The van der Waals surface area contributed by atoms with E-state index in [1.54, 1.807) is 0 Å². The molecule has 2 heterocycles. The minimum absolute atomic E-state index is 0.509. The molecular weight excluding hydrogens is 308 g/mol. The van der Waals surface area contributed by atoms with Gasteiger partial charge in [-0.25, -0.2) is 4.68 Å². The first-order chi connectivity index (χ1) is 9.19. The normalized spacial score (nSPS) is 13.4. The molecule has 1 aliphatic heterocycles. The van der Waals surface area contributed by atoms with Crippen molar-refractivity contribution in [2.45, 2.75) is 26.3 Å². The van der Waals surface area contributed by atoms with Crippen molar-refractivity contribution in [1.29, 1.82) is 0 Å². The highest BCUT2D eigenvalue weighted by atomic mass is 79.9. The van der Waals surface area contributed by atoms with Crippen LogP contribution in [0.2, 0.25) is 0 Å². The van der Waals surface area contributed by atoms with Crippen LogP contribution in [0.1, 0.15) is 23.7 Å². The zero-order chi connectivity index (χ0) is 13.4. The van der Waals surface area contributed by atoms with Crippen LogP contribution >= 0.6 is 15.9 Å². The zero-order valence-electron chi connectivity index (χ0n) is 10.7. The summed E-state index contributed by atoms with van der Waals surface area (Å²) < 4.78 is 8.64. The van der Waals surface area contributed by atoms with Gasteiger partial charge in [0.25, 0.3) is 0 Å². The van der Waals surface area contributed by atoms with Gasteiger partial charge in [-0.2, -0.15) is 0 Å². The summed E-state index contributed by atoms with van der Waals surface area (Å²) in [7, 11) is 0. The van der Waals surface area contributed by atoms with Crippen LogP contribution in [0, 0.1) is 0 Å². The molecule has 1 aromatic heterocycles. The van der Waals surface area contributed by atoms with Gasteiger partial charge in [-0.3, -0.25) is 0 Å². The topological polar surface area (TPSA) is 66.0 Å². The lowest BCUT2D eigenvalue weighted by Crippen LogP contribution is -2.08. The Kier molecular flexibility index (Phi) is 3.18. The average Bonchev–Trinajstić information content (AvgIpc) is 2.96. The van der Waals surface area contributed by atoms with Gasteiger partial charge in [-0.15, -0.1) is 5.10 Å². The van der Waals surface area contributed by atoms with Gasteiger partial charge in [-0.1, -0.05) is 28.1 Å². The molecule has 3 rings (SSSR count). The first-order valence-electron chi connectivity index (χ1n) is 6.31. The zero-order valence-corrected chi connectivity index (χ0v) is 12.3. The van der Waals surface area contributed by atoms with Crippen LogP contribution in [0.3, 0.4) is 0 Å². The van der Waals surface area contributed by atoms with E-state index in [0.29, 0.717) is 12.4 Å². The fourth-order valence-electron chi connectivity index (χ4n) is 2.46. The highest BCUT2D eigenvalue weighted by Crippen LogP contribution is 2.33. The largest absolute Gasteiger partial charge is 0.493 e. The van der Waals surface area contributed by atoms with Gasteiger partial charge in [0.05, 0.1) is 18.8 Å². The van der Waals surface area contributed by atoms with Gasteiger partial charge in [0.1, 0.15) is 5.75 Å². The van der Waals surface area contributed by atoms with Crippen LogP contribution in [0.25, 0.3) is 0 Å². The first kappa shape index (κ1) is 12.5. The minimum Gasteiger partial charge on any atom is -0.493 e. The third kappa shape index (κ3) is 2.20. The molecule has 5 nitrogen and oxygen atoms in total. The minimum atomic E-state index is 0.509. The highest BCUT2D eigenvalue weighted by Gasteiger charge is 2.19. The van der Waals surface area contributed by atoms with Gasteiger partial charge in [0, 0.05) is 16.5 Å². The molecule has 0 radical (unpaired) electrons. The molecule has 0 atom stereocenters. The van der Waals surface area contributed by atoms with E-state index in [1.165, 1.54) is 5.56 Å². The number of rotatable bonds is 3. The molecule has 0 unspecified atom stereocenters. The SMILES string of the molecule is CCc1c(N)nnn1Cc1cc(Br)cc2c1OCC2. The molecule has 2 N–H and O–H groups in total. The maximum Gasteiger partial charge on any atom is 0.169 e. The quantitative estimate of drug-likeness (QED) is 0.940. The standard InChI is InChI=1S/C13H15BrN4O/c1-2-11-13(15)16-17-18(11)7-9-6-10(14)5-8-3-4-19-12(8)9/h5-6H,2-4,7,15H2,1H3. The predicted octanol–water partition coefficient (Wildman–Crippen LogP) is 2.17. The van der Waals surface area contributed by atoms with Gasteiger partial charge in [-0.05, 0) is 24.1 Å². The summed E-state index contributed by atoms with van der Waals surface area (Å²) in [5.74, 6) is 1.49. The third-order valence-electron chi connectivity index (χ3n) is 3.35. The van der Waals surface area contributed by atoms with Crippen LogP contribution < -0.4 is 10.5 Å². The molecular formula is C13H15BrN4O. The molecule has 19 heavy (non-hydrogen) atoms. The fraction of sp³-hybridized carbons (Fsp3) is 0.385. The number of nitrogen functional groups attached to an aromatic ring is 1. The summed E-state index contributed by atoms with van der Waals surface area (Å²) in [6.07, 6.45) is 1.78. The molecule has 2 aromatic rings. The number of nitrogens with two attached hydrogens (primary N) is 1. The van der Waals surface area contributed by atoms with E-state index >= 15 is 0 Å². The molecule has 0 saturated heterocycles. The maximum absolute atomic E-state index is 5.81. The number of anilines is 1. The van der Waals surface area contributed by atoms with Crippen LogP contribution in [-0.4, -0.2) is 21.6 Å². The van der Waals surface area contributed by atoms with Gasteiger partial charge < -0.3 is 10.5 Å². The maximum atomic E-state index is 5.81. The molecule has 6 heteroatoms. The second kappa shape index (κ2) is 4.85. The average molecular weight is 323 g/mol. The third-order valence-corrected chi connectivity index (χ3v) is 3.81. The van der Waals surface area contributed by atoms with E-state index in [-0.39, 0.29) is 0 Å². The van der Waals surface area contributed by atoms with Crippen molar-refractivity contribution in [1.82, 2.24) is 15.0 Å². The number of ether oxygens (including phenoxy) is 1. The lowest BCUT2D eigenvalue weighted by Gasteiger charge is -2.10. The molecule has 100 valence electrons. The fourth-order valence-corrected chi connectivity index (χ4v) is 3.01.